The zero-order valence-corrected chi connectivity index (χ0v) is 20.1. The summed E-state index contributed by atoms with van der Waals surface area (Å²) in [7, 11) is 3.47. The van der Waals surface area contributed by atoms with Crippen LogP contribution in [0.15, 0.2) is 36.7 Å². The lowest BCUT2D eigenvalue weighted by molar-refractivity contribution is -0.0107. The molecule has 3 atom stereocenters. The molecule has 3 N–H and O–H groups in total. The van der Waals surface area contributed by atoms with Crippen LogP contribution in [-0.2, 0) is 4.74 Å². The van der Waals surface area contributed by atoms with Crippen molar-refractivity contribution in [2.75, 3.05) is 45.8 Å². The minimum atomic E-state index is -0.494. The molecule has 2 aliphatic heterocycles. The lowest BCUT2D eigenvalue weighted by atomic mass is 10.0. The van der Waals surface area contributed by atoms with E-state index in [-0.39, 0.29) is 29.7 Å². The Morgan fingerprint density at radius 2 is 2.22 bits per heavy atom. The van der Waals surface area contributed by atoms with Gasteiger partial charge in [-0.05, 0) is 31.7 Å². The maximum Gasteiger partial charge on any atom is 0.255 e. The molecule has 1 aromatic carbocycles. The molecular formula is C26H28FN5O4. The monoisotopic (exact) mass is 493 g/mol. The van der Waals surface area contributed by atoms with E-state index in [4.69, 9.17) is 14.2 Å². The number of aromatic amines is 1. The molecule has 0 radical (unpaired) electrons. The summed E-state index contributed by atoms with van der Waals surface area (Å²) in [5.41, 5.74) is 3.80. The molecule has 0 bridgehead atoms. The SMILES string of the molecule is COc1c(F)cccc1Nc1c(-c2ccncc2OC[C@H]2COCCN2C)[nH]c2c1C(=O)N[C@@H]1C[C@H]21. The Kier molecular flexibility index (Phi) is 5.77. The summed E-state index contributed by atoms with van der Waals surface area (Å²) in [6.45, 7) is 2.58. The minimum absolute atomic E-state index is 0.0745. The third kappa shape index (κ3) is 3.96. The normalized spacial score (nSPS) is 22.9. The van der Waals surface area contributed by atoms with Crippen molar-refractivity contribution in [1.82, 2.24) is 20.2 Å². The summed E-state index contributed by atoms with van der Waals surface area (Å²) in [5, 5.41) is 6.35. The Balaban J connectivity index is 1.41. The number of nitrogens with zero attached hydrogens (tertiary/aromatic N) is 2. The van der Waals surface area contributed by atoms with Gasteiger partial charge in [-0.25, -0.2) is 4.39 Å². The number of fused-ring (bicyclic) bond motifs is 3. The van der Waals surface area contributed by atoms with E-state index in [9.17, 15) is 9.18 Å². The number of ether oxygens (including phenoxy) is 3. The summed E-state index contributed by atoms with van der Waals surface area (Å²) in [6.07, 6.45) is 4.24. The lowest BCUT2D eigenvalue weighted by Crippen LogP contribution is -2.46. The molecule has 188 valence electrons. The van der Waals surface area contributed by atoms with Crippen LogP contribution < -0.4 is 20.1 Å². The smallest absolute Gasteiger partial charge is 0.255 e. The number of para-hydroxylation sites is 1. The number of carbonyl (C=O) groups excluding carboxylic acids is 1. The molecule has 0 unspecified atom stereocenters. The number of likely N-dealkylation sites (N-methyl/N-ethyl adjacent to an activating group) is 1. The molecule has 0 spiro atoms. The molecule has 3 aliphatic rings. The Hall–Kier alpha value is -3.63. The molecule has 4 heterocycles. The van der Waals surface area contributed by atoms with Crippen molar-refractivity contribution in [3.63, 3.8) is 0 Å². The van der Waals surface area contributed by atoms with E-state index in [1.54, 1.807) is 24.5 Å². The van der Waals surface area contributed by atoms with Crippen LogP contribution in [0.4, 0.5) is 15.8 Å². The molecule has 1 amide bonds. The second kappa shape index (κ2) is 9.11. The number of benzene rings is 1. The Morgan fingerprint density at radius 3 is 3.06 bits per heavy atom. The van der Waals surface area contributed by atoms with Crippen molar-refractivity contribution >= 4 is 17.3 Å². The minimum Gasteiger partial charge on any atom is -0.492 e. The fourth-order valence-corrected chi connectivity index (χ4v) is 5.02. The van der Waals surface area contributed by atoms with Crippen LogP contribution in [0.5, 0.6) is 11.5 Å². The van der Waals surface area contributed by atoms with Gasteiger partial charge < -0.3 is 29.8 Å². The van der Waals surface area contributed by atoms with Gasteiger partial charge in [0.2, 0.25) is 0 Å². The van der Waals surface area contributed by atoms with Gasteiger partial charge in [-0.2, -0.15) is 0 Å². The number of hydrogen-bond acceptors (Lipinski definition) is 7. The molecule has 9 nitrogen and oxygen atoms in total. The van der Waals surface area contributed by atoms with Gasteiger partial charge in [0.15, 0.2) is 11.6 Å². The van der Waals surface area contributed by atoms with Crippen LogP contribution in [0, 0.1) is 5.82 Å². The number of H-pyrrole nitrogens is 1. The van der Waals surface area contributed by atoms with Gasteiger partial charge in [-0.15, -0.1) is 0 Å². The topological polar surface area (TPSA) is 101 Å². The van der Waals surface area contributed by atoms with Crippen LogP contribution in [-0.4, -0.2) is 73.4 Å². The lowest BCUT2D eigenvalue weighted by Gasteiger charge is -2.32. The number of rotatable bonds is 7. The van der Waals surface area contributed by atoms with Crippen molar-refractivity contribution in [2.45, 2.75) is 24.4 Å². The number of pyridine rings is 1. The highest BCUT2D eigenvalue weighted by molar-refractivity contribution is 6.07. The largest absolute Gasteiger partial charge is 0.492 e. The standard InChI is InChI=1S/C26H28FN5O4/c1-32-8-9-35-12-14(32)13-36-20-11-28-7-6-15(20)23-24(29-18-5-3-4-17(27)25(18)34-2)21-22(31-23)16-10-19(16)30-26(21)33/h3-7,11,14,16,19,29,31H,8-10,12-13H2,1-2H3,(H,30,33)/t14-,16+,19-/m1/s1. The molecule has 1 saturated carbocycles. The fraction of sp³-hybridized carbons (Fsp3) is 0.385. The van der Waals surface area contributed by atoms with Gasteiger partial charge in [0, 0.05) is 36.0 Å². The van der Waals surface area contributed by atoms with E-state index in [0.717, 1.165) is 24.2 Å². The Labute approximate surface area is 207 Å². The van der Waals surface area contributed by atoms with Crippen LogP contribution >= 0.6 is 0 Å². The summed E-state index contributed by atoms with van der Waals surface area (Å²) in [5.74, 6) is 0.219. The van der Waals surface area contributed by atoms with Crippen molar-refractivity contribution in [1.29, 1.82) is 0 Å². The first-order chi connectivity index (χ1) is 17.5. The van der Waals surface area contributed by atoms with E-state index >= 15 is 0 Å². The first kappa shape index (κ1) is 22.8. The number of amides is 1. The van der Waals surface area contributed by atoms with E-state index in [0.29, 0.717) is 48.2 Å². The Bertz CT molecular complexity index is 1310. The van der Waals surface area contributed by atoms with Crippen molar-refractivity contribution in [2.24, 2.45) is 0 Å². The average molecular weight is 494 g/mol. The second-order valence-electron chi connectivity index (χ2n) is 9.42. The Morgan fingerprint density at radius 1 is 1.33 bits per heavy atom. The number of hydrogen-bond donors (Lipinski definition) is 3. The van der Waals surface area contributed by atoms with E-state index in [2.05, 4.69) is 32.5 Å². The number of aromatic nitrogens is 2. The van der Waals surface area contributed by atoms with Gasteiger partial charge in [0.1, 0.15) is 12.4 Å². The maximum absolute atomic E-state index is 14.5. The number of nitrogens with one attached hydrogen (secondary N) is 3. The third-order valence-electron chi connectivity index (χ3n) is 7.17. The third-order valence-corrected chi connectivity index (χ3v) is 7.17. The van der Waals surface area contributed by atoms with Gasteiger partial charge in [0.25, 0.3) is 5.91 Å². The molecule has 2 aromatic heterocycles. The van der Waals surface area contributed by atoms with Crippen LogP contribution in [0.3, 0.4) is 0 Å². The molecule has 10 heteroatoms. The van der Waals surface area contributed by atoms with E-state index in [1.165, 1.54) is 13.2 Å². The predicted octanol–water partition coefficient (Wildman–Crippen LogP) is 3.28. The highest BCUT2D eigenvalue weighted by Gasteiger charge is 2.48. The summed E-state index contributed by atoms with van der Waals surface area (Å²) < 4.78 is 31.6. The van der Waals surface area contributed by atoms with Crippen molar-refractivity contribution < 1.29 is 23.4 Å². The summed E-state index contributed by atoms with van der Waals surface area (Å²) in [6, 6.07) is 6.76. The molecule has 6 rings (SSSR count). The number of halogens is 1. The molecule has 1 aliphatic carbocycles. The molecule has 3 aromatic rings. The number of carbonyl (C=O) groups is 1. The zero-order chi connectivity index (χ0) is 24.8. The van der Waals surface area contributed by atoms with Crippen molar-refractivity contribution in [3.05, 3.63) is 53.7 Å². The van der Waals surface area contributed by atoms with Crippen LogP contribution in [0.1, 0.15) is 28.4 Å². The number of morpholine rings is 1. The highest BCUT2D eigenvalue weighted by atomic mass is 19.1. The van der Waals surface area contributed by atoms with Crippen molar-refractivity contribution in [3.8, 4) is 22.8 Å². The maximum atomic E-state index is 14.5. The molecule has 2 fully saturated rings. The quantitative estimate of drug-likeness (QED) is 0.464. The average Bonchev–Trinajstić information content (AvgIpc) is 3.56. The zero-order valence-electron chi connectivity index (χ0n) is 20.1. The van der Waals surface area contributed by atoms with Crippen LogP contribution in [0.25, 0.3) is 11.3 Å². The van der Waals surface area contributed by atoms with E-state index in [1.807, 2.05) is 6.07 Å². The number of methoxy groups -OCH3 is 1. The first-order valence-electron chi connectivity index (χ1n) is 12.1. The molecule has 1 saturated heterocycles. The highest BCUT2D eigenvalue weighted by Crippen LogP contribution is 2.51. The van der Waals surface area contributed by atoms with Crippen LogP contribution in [0.2, 0.25) is 0 Å². The van der Waals surface area contributed by atoms with Gasteiger partial charge in [-0.1, -0.05) is 6.07 Å². The predicted molar refractivity (Wildman–Crippen MR) is 132 cm³/mol. The summed E-state index contributed by atoms with van der Waals surface area (Å²) >= 11 is 0. The van der Waals surface area contributed by atoms with Gasteiger partial charge in [0.05, 0.1) is 55.2 Å². The molecular weight excluding hydrogens is 465 g/mol. The van der Waals surface area contributed by atoms with Gasteiger partial charge in [-0.3, -0.25) is 14.7 Å². The second-order valence-corrected chi connectivity index (χ2v) is 9.42. The van der Waals surface area contributed by atoms with Gasteiger partial charge >= 0.3 is 0 Å². The number of anilines is 2. The molecule has 36 heavy (non-hydrogen) atoms. The first-order valence-corrected chi connectivity index (χ1v) is 12.1. The fourth-order valence-electron chi connectivity index (χ4n) is 5.02. The van der Waals surface area contributed by atoms with E-state index < -0.39 is 5.82 Å². The summed E-state index contributed by atoms with van der Waals surface area (Å²) in [4.78, 5) is 23.1.